The molecule has 15 heavy (non-hydrogen) atoms. The van der Waals surface area contributed by atoms with Gasteiger partial charge in [-0.15, -0.1) is 6.42 Å². The van der Waals surface area contributed by atoms with Crippen molar-refractivity contribution in [1.82, 2.24) is 0 Å². The number of hydrogen-bond acceptors (Lipinski definition) is 6. The predicted octanol–water partition coefficient (Wildman–Crippen LogP) is -0.234. The number of ether oxygens (including phenoxy) is 2. The maximum Gasteiger partial charge on any atom is 0.307 e. The Hall–Kier alpha value is -1.13. The normalized spacial score (nSPS) is 14.0. The van der Waals surface area contributed by atoms with Crippen molar-refractivity contribution in [3.05, 3.63) is 0 Å². The zero-order valence-corrected chi connectivity index (χ0v) is 8.38. The van der Waals surface area contributed by atoms with Gasteiger partial charge in [0.05, 0.1) is 0 Å². The van der Waals surface area contributed by atoms with E-state index in [0.29, 0.717) is 0 Å². The minimum Gasteiger partial charge on any atom is -0.433 e. The van der Waals surface area contributed by atoms with Gasteiger partial charge in [-0.1, -0.05) is 12.8 Å². The molecule has 0 aromatic heterocycles. The fourth-order valence-corrected chi connectivity index (χ4v) is 0.722. The standard InChI is InChI=1S/C9H14O6/c1-3-5-13-9(7(10)6-14-12)15-8(11)4-2/h1,7,9-10,12H,4-6H2,2H3. The second-order valence-electron chi connectivity index (χ2n) is 2.59. The third-order valence-electron chi connectivity index (χ3n) is 1.43. The molecule has 0 aliphatic heterocycles. The number of aliphatic hydroxyl groups excluding tert-OH is 1. The van der Waals surface area contributed by atoms with Crippen molar-refractivity contribution in [3.8, 4) is 12.3 Å². The molecule has 0 heterocycles. The van der Waals surface area contributed by atoms with Gasteiger partial charge >= 0.3 is 5.97 Å². The molecule has 2 N–H and O–H groups in total. The summed E-state index contributed by atoms with van der Waals surface area (Å²) in [5, 5.41) is 17.4. The summed E-state index contributed by atoms with van der Waals surface area (Å²) in [5.74, 6) is 1.61. The molecule has 0 saturated carbocycles. The highest BCUT2D eigenvalue weighted by atomic mass is 17.1. The summed E-state index contributed by atoms with van der Waals surface area (Å²) in [7, 11) is 0. The number of hydrogen-bond donors (Lipinski definition) is 2. The lowest BCUT2D eigenvalue weighted by molar-refractivity contribution is -0.280. The molecule has 6 heteroatoms. The summed E-state index contributed by atoms with van der Waals surface area (Å²) in [5.41, 5.74) is 0. The lowest BCUT2D eigenvalue weighted by atomic mass is 10.3. The van der Waals surface area contributed by atoms with Crippen molar-refractivity contribution in [2.24, 2.45) is 0 Å². The van der Waals surface area contributed by atoms with E-state index < -0.39 is 25.0 Å². The number of esters is 1. The van der Waals surface area contributed by atoms with Gasteiger partial charge in [0.1, 0.15) is 19.3 Å². The van der Waals surface area contributed by atoms with Crippen molar-refractivity contribution < 1.29 is 29.5 Å². The molecule has 0 spiro atoms. The molecule has 0 aromatic carbocycles. The summed E-state index contributed by atoms with van der Waals surface area (Å²) in [6, 6.07) is 0. The van der Waals surface area contributed by atoms with E-state index in [4.69, 9.17) is 21.2 Å². The van der Waals surface area contributed by atoms with Crippen LogP contribution < -0.4 is 0 Å². The number of carbonyl (C=O) groups is 1. The predicted molar refractivity (Wildman–Crippen MR) is 49.5 cm³/mol. The lowest BCUT2D eigenvalue weighted by Crippen LogP contribution is -2.37. The molecule has 0 amide bonds. The molecule has 0 bridgehead atoms. The molecule has 2 atom stereocenters. The molecule has 6 nitrogen and oxygen atoms in total. The maximum atomic E-state index is 10.9. The van der Waals surface area contributed by atoms with Crippen molar-refractivity contribution in [2.45, 2.75) is 25.7 Å². The molecule has 0 aliphatic carbocycles. The molecule has 0 aromatic rings. The summed E-state index contributed by atoms with van der Waals surface area (Å²) in [4.78, 5) is 14.6. The number of terminal acetylenes is 1. The molecule has 0 radical (unpaired) electrons. The Bertz CT molecular complexity index is 221. The number of rotatable bonds is 7. The van der Waals surface area contributed by atoms with Crippen molar-refractivity contribution in [2.75, 3.05) is 13.2 Å². The smallest absolute Gasteiger partial charge is 0.307 e. The van der Waals surface area contributed by atoms with Crippen LogP contribution in [0.15, 0.2) is 0 Å². The van der Waals surface area contributed by atoms with Crippen molar-refractivity contribution in [1.29, 1.82) is 0 Å². The molecule has 86 valence electrons. The van der Waals surface area contributed by atoms with Gasteiger partial charge in [-0.2, -0.15) is 0 Å². The van der Waals surface area contributed by atoms with E-state index in [1.165, 1.54) is 0 Å². The average molecular weight is 218 g/mol. The van der Waals surface area contributed by atoms with Crippen molar-refractivity contribution in [3.63, 3.8) is 0 Å². The molecule has 0 rings (SSSR count). The first-order chi connectivity index (χ1) is 7.15. The summed E-state index contributed by atoms with van der Waals surface area (Å²) in [6.45, 7) is 1.03. The van der Waals surface area contributed by atoms with Gasteiger partial charge in [-0.05, 0) is 0 Å². The van der Waals surface area contributed by atoms with Gasteiger partial charge < -0.3 is 14.6 Å². The van der Waals surface area contributed by atoms with Crippen LogP contribution in [-0.4, -0.2) is 41.9 Å². The van der Waals surface area contributed by atoms with Gasteiger partial charge in [0.15, 0.2) is 0 Å². The van der Waals surface area contributed by atoms with Gasteiger partial charge in [0, 0.05) is 6.42 Å². The highest BCUT2D eigenvalue weighted by Gasteiger charge is 2.23. The molecular weight excluding hydrogens is 204 g/mol. The van der Waals surface area contributed by atoms with Crippen LogP contribution in [0.25, 0.3) is 0 Å². The first kappa shape index (κ1) is 13.9. The Morgan fingerprint density at radius 3 is 2.73 bits per heavy atom. The van der Waals surface area contributed by atoms with Gasteiger partial charge in [0.2, 0.25) is 6.29 Å². The fraction of sp³-hybridized carbons (Fsp3) is 0.667. The second-order valence-corrected chi connectivity index (χ2v) is 2.59. The molecule has 0 fully saturated rings. The molecule has 0 aliphatic rings. The van der Waals surface area contributed by atoms with Crippen LogP contribution in [0.5, 0.6) is 0 Å². The SMILES string of the molecule is C#CCOC(OC(=O)CC)C(O)COO. The van der Waals surface area contributed by atoms with Gasteiger partial charge in [-0.25, -0.2) is 4.89 Å². The lowest BCUT2D eigenvalue weighted by Gasteiger charge is -2.21. The fourth-order valence-electron chi connectivity index (χ4n) is 0.722. The first-order valence-electron chi connectivity index (χ1n) is 4.34. The van der Waals surface area contributed by atoms with Crippen LogP contribution in [0.3, 0.4) is 0 Å². The van der Waals surface area contributed by atoms with Gasteiger partial charge in [0.25, 0.3) is 0 Å². The van der Waals surface area contributed by atoms with E-state index >= 15 is 0 Å². The third kappa shape index (κ3) is 6.04. The second kappa shape index (κ2) is 8.20. The van der Waals surface area contributed by atoms with Crippen LogP contribution >= 0.6 is 0 Å². The van der Waals surface area contributed by atoms with Crippen LogP contribution in [0.1, 0.15) is 13.3 Å². The highest BCUT2D eigenvalue weighted by Crippen LogP contribution is 2.04. The number of carbonyl (C=O) groups excluding carboxylic acids is 1. The Morgan fingerprint density at radius 1 is 1.60 bits per heavy atom. The minimum atomic E-state index is -1.29. The van der Waals surface area contributed by atoms with Crippen LogP contribution in [-0.2, 0) is 19.2 Å². The van der Waals surface area contributed by atoms with E-state index in [2.05, 4.69) is 10.8 Å². The molecule has 2 unspecified atom stereocenters. The van der Waals surface area contributed by atoms with E-state index in [0.717, 1.165) is 0 Å². The zero-order chi connectivity index (χ0) is 11.7. The number of aliphatic hydroxyl groups is 1. The third-order valence-corrected chi connectivity index (χ3v) is 1.43. The maximum absolute atomic E-state index is 10.9. The van der Waals surface area contributed by atoms with Crippen LogP contribution in [0.4, 0.5) is 0 Å². The van der Waals surface area contributed by atoms with Crippen LogP contribution in [0, 0.1) is 12.3 Å². The Labute approximate surface area is 87.7 Å². The Balaban J connectivity index is 4.17. The Kier molecular flexibility index (Phi) is 7.58. The van der Waals surface area contributed by atoms with Gasteiger partial charge in [-0.3, -0.25) is 10.1 Å². The van der Waals surface area contributed by atoms with E-state index in [1.54, 1.807) is 6.92 Å². The largest absolute Gasteiger partial charge is 0.433 e. The molecular formula is C9H14O6. The highest BCUT2D eigenvalue weighted by molar-refractivity contribution is 5.69. The Morgan fingerprint density at radius 2 is 2.27 bits per heavy atom. The summed E-state index contributed by atoms with van der Waals surface area (Å²) >= 11 is 0. The summed E-state index contributed by atoms with van der Waals surface area (Å²) < 4.78 is 9.58. The van der Waals surface area contributed by atoms with E-state index in [-0.39, 0.29) is 13.0 Å². The topological polar surface area (TPSA) is 85.2 Å². The van der Waals surface area contributed by atoms with Crippen LogP contribution in [0.2, 0.25) is 0 Å². The van der Waals surface area contributed by atoms with E-state index in [9.17, 15) is 9.90 Å². The monoisotopic (exact) mass is 218 g/mol. The minimum absolute atomic E-state index is 0.121. The average Bonchev–Trinajstić information content (AvgIpc) is 2.24. The zero-order valence-electron chi connectivity index (χ0n) is 8.38. The van der Waals surface area contributed by atoms with Crippen molar-refractivity contribution >= 4 is 5.97 Å². The summed E-state index contributed by atoms with van der Waals surface area (Å²) in [6.07, 6.45) is 2.55. The quantitative estimate of drug-likeness (QED) is 0.202. The van der Waals surface area contributed by atoms with E-state index in [1.807, 2.05) is 0 Å². The first-order valence-corrected chi connectivity index (χ1v) is 4.34. The molecule has 0 saturated heterocycles.